The molecule has 0 atom stereocenters. The summed E-state index contributed by atoms with van der Waals surface area (Å²) in [6.45, 7) is 1.75. The molecule has 0 saturated heterocycles. The number of hydrogen-bond acceptors (Lipinski definition) is 5. The van der Waals surface area contributed by atoms with Crippen molar-refractivity contribution in [2.75, 3.05) is 5.32 Å². The second kappa shape index (κ2) is 8.00. The zero-order valence-electron chi connectivity index (χ0n) is 14.6. The Labute approximate surface area is 163 Å². The Morgan fingerprint density at radius 1 is 1.19 bits per heavy atom. The van der Waals surface area contributed by atoms with Crippen LogP contribution in [0.5, 0.6) is 0 Å². The third kappa shape index (κ3) is 4.50. The Kier molecular flexibility index (Phi) is 5.51. The van der Waals surface area contributed by atoms with E-state index in [4.69, 9.17) is 4.42 Å². The number of halogens is 1. The summed E-state index contributed by atoms with van der Waals surface area (Å²) in [7, 11) is 1.70. The second-order valence-corrected chi connectivity index (χ2v) is 6.40. The molecule has 138 valence electrons. The molecule has 2 amide bonds. The molecule has 3 rings (SSSR count). The molecule has 3 aromatic rings. The molecule has 8 nitrogen and oxygen atoms in total. The molecule has 0 fully saturated rings. The summed E-state index contributed by atoms with van der Waals surface area (Å²) in [6, 6.07) is 12.0. The number of aryl methyl sites for hydroxylation is 1. The number of furan rings is 1. The van der Waals surface area contributed by atoms with Crippen LogP contribution in [0.4, 0.5) is 5.69 Å². The lowest BCUT2D eigenvalue weighted by molar-refractivity contribution is 0.0925. The zero-order valence-corrected chi connectivity index (χ0v) is 16.1. The fourth-order valence-electron chi connectivity index (χ4n) is 2.30. The minimum absolute atomic E-state index is 0.149. The number of nitrogens with one attached hydrogen (secondary N) is 2. The summed E-state index contributed by atoms with van der Waals surface area (Å²) in [5.74, 6) is -0.574. The zero-order chi connectivity index (χ0) is 19.4. The predicted molar refractivity (Wildman–Crippen MR) is 104 cm³/mol. The molecule has 0 aliphatic heterocycles. The summed E-state index contributed by atoms with van der Waals surface area (Å²) in [6.07, 6.45) is 1.56. The molecule has 0 radical (unpaired) electrons. The minimum Gasteiger partial charge on any atom is -0.444 e. The van der Waals surface area contributed by atoms with Crippen molar-refractivity contribution in [2.24, 2.45) is 12.1 Å². The van der Waals surface area contributed by atoms with Gasteiger partial charge in [0.25, 0.3) is 5.91 Å². The van der Waals surface area contributed by atoms with Gasteiger partial charge in [-0.05, 0) is 58.7 Å². The molecule has 9 heteroatoms. The van der Waals surface area contributed by atoms with Crippen molar-refractivity contribution < 1.29 is 14.0 Å². The fraction of sp³-hybridized carbons (Fsp3) is 0.111. The van der Waals surface area contributed by atoms with Crippen LogP contribution in [-0.4, -0.2) is 27.3 Å². The maximum atomic E-state index is 12.3. The summed E-state index contributed by atoms with van der Waals surface area (Å²) in [4.78, 5) is 24.2. The summed E-state index contributed by atoms with van der Waals surface area (Å²) < 4.78 is 7.13. The van der Waals surface area contributed by atoms with E-state index in [0.29, 0.717) is 21.8 Å². The van der Waals surface area contributed by atoms with Gasteiger partial charge in [0.15, 0.2) is 10.4 Å². The van der Waals surface area contributed by atoms with Crippen LogP contribution in [0.15, 0.2) is 62.8 Å². The number of carbonyl (C=O) groups excluding carboxylic acids is 2. The third-order valence-electron chi connectivity index (χ3n) is 3.71. The maximum absolute atomic E-state index is 12.3. The smallest absolute Gasteiger partial charge is 0.307 e. The topological polar surface area (TPSA) is 102 Å². The van der Waals surface area contributed by atoms with Gasteiger partial charge in [0.05, 0.1) is 5.71 Å². The van der Waals surface area contributed by atoms with E-state index in [9.17, 15) is 9.59 Å². The van der Waals surface area contributed by atoms with Crippen LogP contribution in [0.2, 0.25) is 0 Å². The molecule has 0 spiro atoms. The van der Waals surface area contributed by atoms with Crippen LogP contribution in [0.1, 0.15) is 33.5 Å². The van der Waals surface area contributed by atoms with Gasteiger partial charge < -0.3 is 9.73 Å². The Bertz CT molecular complexity index is 1020. The fourth-order valence-corrected chi connectivity index (χ4v) is 2.61. The van der Waals surface area contributed by atoms with Gasteiger partial charge in [-0.3, -0.25) is 14.3 Å². The van der Waals surface area contributed by atoms with E-state index in [-0.39, 0.29) is 11.7 Å². The Hall–Kier alpha value is -3.20. The van der Waals surface area contributed by atoms with Gasteiger partial charge >= 0.3 is 5.91 Å². The Morgan fingerprint density at radius 3 is 2.67 bits per heavy atom. The first-order valence-electron chi connectivity index (χ1n) is 7.94. The summed E-state index contributed by atoms with van der Waals surface area (Å²) >= 11 is 3.14. The lowest BCUT2D eigenvalue weighted by Crippen LogP contribution is -2.19. The standard InChI is InChI=1S/C18H16BrN5O3/c1-11(22-23-18(26)15-6-7-16(19)27-15)12-4-3-5-13(10-12)21-17(25)14-8-9-20-24(14)2/h3-10H,1-2H3,(H,21,25)(H,23,26)/b22-11+. The van der Waals surface area contributed by atoms with Gasteiger partial charge in [0, 0.05) is 18.9 Å². The molecule has 2 aromatic heterocycles. The molecule has 1 aromatic carbocycles. The van der Waals surface area contributed by atoms with Crippen LogP contribution < -0.4 is 10.7 Å². The number of benzene rings is 1. The lowest BCUT2D eigenvalue weighted by atomic mass is 10.1. The van der Waals surface area contributed by atoms with Gasteiger partial charge in [-0.15, -0.1) is 0 Å². The monoisotopic (exact) mass is 429 g/mol. The maximum Gasteiger partial charge on any atom is 0.307 e. The number of hydrazone groups is 1. The molecule has 2 heterocycles. The molecule has 0 unspecified atom stereocenters. The first-order valence-corrected chi connectivity index (χ1v) is 8.73. The first-order chi connectivity index (χ1) is 12.9. The minimum atomic E-state index is -0.458. The number of carbonyl (C=O) groups is 2. The average Bonchev–Trinajstić information content (AvgIpc) is 3.28. The molecule has 27 heavy (non-hydrogen) atoms. The lowest BCUT2D eigenvalue weighted by Gasteiger charge is -2.08. The number of nitrogens with zero attached hydrogens (tertiary/aromatic N) is 3. The number of amides is 2. The SMILES string of the molecule is C/C(=N\NC(=O)c1ccc(Br)o1)c1cccc(NC(=O)c2ccnn2C)c1. The number of hydrogen-bond donors (Lipinski definition) is 2. The van der Waals surface area contributed by atoms with Gasteiger partial charge in [-0.2, -0.15) is 10.2 Å². The van der Waals surface area contributed by atoms with E-state index in [2.05, 4.69) is 36.9 Å². The van der Waals surface area contributed by atoms with Crippen molar-refractivity contribution in [3.8, 4) is 0 Å². The highest BCUT2D eigenvalue weighted by molar-refractivity contribution is 9.10. The summed E-state index contributed by atoms with van der Waals surface area (Å²) in [5.41, 5.74) is 4.81. The van der Waals surface area contributed by atoms with E-state index in [1.165, 1.54) is 4.68 Å². The van der Waals surface area contributed by atoms with Crippen molar-refractivity contribution in [1.29, 1.82) is 0 Å². The highest BCUT2D eigenvalue weighted by Crippen LogP contribution is 2.15. The quantitative estimate of drug-likeness (QED) is 0.480. The van der Waals surface area contributed by atoms with Crippen molar-refractivity contribution >= 4 is 39.1 Å². The predicted octanol–water partition coefficient (Wildman–Crippen LogP) is 3.18. The van der Waals surface area contributed by atoms with Crippen LogP contribution >= 0.6 is 15.9 Å². The van der Waals surface area contributed by atoms with E-state index in [1.54, 1.807) is 56.6 Å². The van der Waals surface area contributed by atoms with Crippen LogP contribution in [0.3, 0.4) is 0 Å². The molecule has 2 N–H and O–H groups in total. The molecular weight excluding hydrogens is 414 g/mol. The van der Waals surface area contributed by atoms with E-state index < -0.39 is 5.91 Å². The Morgan fingerprint density at radius 2 is 2.00 bits per heavy atom. The summed E-state index contributed by atoms with van der Waals surface area (Å²) in [5, 5.41) is 10.9. The van der Waals surface area contributed by atoms with Crippen LogP contribution in [0, 0.1) is 0 Å². The van der Waals surface area contributed by atoms with Crippen LogP contribution in [0.25, 0.3) is 0 Å². The normalized spacial score (nSPS) is 11.3. The van der Waals surface area contributed by atoms with Crippen molar-refractivity contribution in [3.63, 3.8) is 0 Å². The van der Waals surface area contributed by atoms with Crippen LogP contribution in [-0.2, 0) is 7.05 Å². The molecule has 0 bridgehead atoms. The van der Waals surface area contributed by atoms with Gasteiger partial charge in [-0.25, -0.2) is 5.43 Å². The van der Waals surface area contributed by atoms with Gasteiger partial charge in [-0.1, -0.05) is 12.1 Å². The molecule has 0 saturated carbocycles. The molecule has 0 aliphatic carbocycles. The van der Waals surface area contributed by atoms with E-state index in [0.717, 1.165) is 5.56 Å². The molecular formula is C18H16BrN5O3. The van der Waals surface area contributed by atoms with Crippen molar-refractivity contribution in [3.05, 3.63) is 70.3 Å². The van der Waals surface area contributed by atoms with Crippen molar-refractivity contribution in [2.45, 2.75) is 6.92 Å². The first kappa shape index (κ1) is 18.6. The third-order valence-corrected chi connectivity index (χ3v) is 4.14. The van der Waals surface area contributed by atoms with E-state index >= 15 is 0 Å². The van der Waals surface area contributed by atoms with Crippen molar-refractivity contribution in [1.82, 2.24) is 15.2 Å². The molecule has 0 aliphatic rings. The highest BCUT2D eigenvalue weighted by atomic mass is 79.9. The van der Waals surface area contributed by atoms with E-state index in [1.807, 2.05) is 6.07 Å². The van der Waals surface area contributed by atoms with Gasteiger partial charge in [0.1, 0.15) is 5.69 Å². The Balaban J connectivity index is 1.69. The highest BCUT2D eigenvalue weighted by Gasteiger charge is 2.12. The van der Waals surface area contributed by atoms with Gasteiger partial charge in [0.2, 0.25) is 0 Å². The number of anilines is 1. The largest absolute Gasteiger partial charge is 0.444 e. The number of aromatic nitrogens is 2. The average molecular weight is 430 g/mol. The number of rotatable bonds is 5. The second-order valence-electron chi connectivity index (χ2n) is 5.62.